The van der Waals surface area contributed by atoms with Crippen molar-refractivity contribution in [3.63, 3.8) is 0 Å². The normalized spacial score (nSPS) is 11.7. The summed E-state index contributed by atoms with van der Waals surface area (Å²) >= 11 is 0. The number of phenols is 1. The maximum atomic E-state index is 10.8. The van der Waals surface area contributed by atoms with Crippen LogP contribution < -0.4 is 0 Å². The molecule has 0 saturated heterocycles. The Morgan fingerprint density at radius 3 is 1.54 bits per heavy atom. The molecule has 5 heteroatoms. The number of benzene rings is 1. The first-order valence-corrected chi connectivity index (χ1v) is 9.15. The summed E-state index contributed by atoms with van der Waals surface area (Å²) < 4.78 is 0. The van der Waals surface area contributed by atoms with E-state index in [4.69, 9.17) is 15.3 Å². The van der Waals surface area contributed by atoms with Crippen LogP contribution in [0, 0.1) is 0 Å². The third kappa shape index (κ3) is 8.68. The molecule has 0 aromatic heterocycles. The van der Waals surface area contributed by atoms with E-state index >= 15 is 0 Å². The minimum atomic E-state index is -0.798. The number of rotatable bonds is 6. The molecule has 0 aliphatic heterocycles. The summed E-state index contributed by atoms with van der Waals surface area (Å²) in [6, 6.07) is 3.88. The Bertz CT molecular complexity index is 526. The van der Waals surface area contributed by atoms with Gasteiger partial charge in [0.25, 0.3) is 0 Å². The Morgan fingerprint density at radius 1 is 0.885 bits per heavy atom. The van der Waals surface area contributed by atoms with E-state index in [1.807, 2.05) is 12.1 Å². The summed E-state index contributed by atoms with van der Waals surface area (Å²) in [6.07, 6.45) is 2.03. The number of carboxylic acid groups (broad SMARTS) is 1. The summed E-state index contributed by atoms with van der Waals surface area (Å²) in [5.41, 5.74) is 2.38. The standard InChI is InChI=1S/C17H26O3.C4H10O2/c1-16(2,3)12-9-11(7-8-14(18)19)10-13(15(12)20)17(4,5)6;5-3-1-2-4-6/h9-10,20H,7-8H2,1-6H3,(H,18,19);5-6H,1-4H2. The predicted molar refractivity (Wildman–Crippen MR) is 105 cm³/mol. The quantitative estimate of drug-likeness (QED) is 0.573. The zero-order valence-corrected chi connectivity index (χ0v) is 17.1. The predicted octanol–water partition coefficient (Wildman–Crippen LogP) is 3.76. The van der Waals surface area contributed by atoms with Crippen molar-refractivity contribution in [2.75, 3.05) is 13.2 Å². The number of carboxylic acids is 1. The van der Waals surface area contributed by atoms with Gasteiger partial charge in [-0.3, -0.25) is 4.79 Å². The summed E-state index contributed by atoms with van der Waals surface area (Å²) in [5.74, 6) is -0.461. The number of aliphatic hydroxyl groups is 2. The molecule has 5 nitrogen and oxygen atoms in total. The molecule has 150 valence electrons. The van der Waals surface area contributed by atoms with Crippen molar-refractivity contribution in [1.82, 2.24) is 0 Å². The summed E-state index contributed by atoms with van der Waals surface area (Å²) in [7, 11) is 0. The number of phenolic OH excluding ortho intramolecular Hbond substituents is 1. The first kappa shape index (κ1) is 24.4. The fourth-order valence-corrected chi connectivity index (χ4v) is 2.46. The topological polar surface area (TPSA) is 98.0 Å². The van der Waals surface area contributed by atoms with Crippen LogP contribution in [-0.2, 0) is 22.0 Å². The van der Waals surface area contributed by atoms with Crippen molar-refractivity contribution in [3.8, 4) is 5.75 Å². The van der Waals surface area contributed by atoms with E-state index in [0.29, 0.717) is 12.2 Å². The molecule has 0 aliphatic rings. The first-order chi connectivity index (χ1) is 11.8. The van der Waals surface area contributed by atoms with Crippen LogP contribution in [0.25, 0.3) is 0 Å². The highest BCUT2D eigenvalue weighted by Gasteiger charge is 2.26. The molecule has 0 radical (unpaired) electrons. The lowest BCUT2D eigenvalue weighted by Gasteiger charge is -2.28. The van der Waals surface area contributed by atoms with Crippen molar-refractivity contribution in [3.05, 3.63) is 28.8 Å². The van der Waals surface area contributed by atoms with Crippen LogP contribution in [0.15, 0.2) is 12.1 Å². The van der Waals surface area contributed by atoms with Crippen molar-refractivity contribution >= 4 is 5.97 Å². The maximum Gasteiger partial charge on any atom is 0.303 e. The minimum Gasteiger partial charge on any atom is -0.507 e. The second-order valence-corrected chi connectivity index (χ2v) is 8.59. The second kappa shape index (κ2) is 10.5. The average Bonchev–Trinajstić information content (AvgIpc) is 2.50. The fourth-order valence-electron chi connectivity index (χ4n) is 2.46. The number of carbonyl (C=O) groups is 1. The number of unbranched alkanes of at least 4 members (excludes halogenated alkanes) is 1. The number of hydrogen-bond donors (Lipinski definition) is 4. The molecular formula is C21H36O5. The SMILES string of the molecule is CC(C)(C)c1cc(CCC(=O)O)cc(C(C)(C)C)c1O.OCCCCO. The van der Waals surface area contributed by atoms with Crippen LogP contribution in [0.5, 0.6) is 5.75 Å². The Labute approximate surface area is 157 Å². The Kier molecular flexibility index (Phi) is 9.89. The Balaban J connectivity index is 0.000000896. The van der Waals surface area contributed by atoms with E-state index in [9.17, 15) is 9.90 Å². The number of aliphatic carboxylic acids is 1. The van der Waals surface area contributed by atoms with Crippen LogP contribution in [0.4, 0.5) is 0 Å². The molecule has 4 N–H and O–H groups in total. The van der Waals surface area contributed by atoms with Crippen LogP contribution in [0.2, 0.25) is 0 Å². The maximum absolute atomic E-state index is 10.8. The molecule has 0 saturated carbocycles. The highest BCUT2D eigenvalue weighted by molar-refractivity contribution is 5.67. The molecule has 1 aromatic carbocycles. The van der Waals surface area contributed by atoms with E-state index in [1.165, 1.54) is 0 Å². The number of hydrogen-bond acceptors (Lipinski definition) is 4. The summed E-state index contributed by atoms with van der Waals surface area (Å²) in [6.45, 7) is 12.7. The number of aromatic hydroxyl groups is 1. The molecule has 0 unspecified atom stereocenters. The monoisotopic (exact) mass is 368 g/mol. The van der Waals surface area contributed by atoms with Gasteiger partial charge in [0.15, 0.2) is 0 Å². The summed E-state index contributed by atoms with van der Waals surface area (Å²) in [4.78, 5) is 10.8. The van der Waals surface area contributed by atoms with E-state index < -0.39 is 5.97 Å². The average molecular weight is 369 g/mol. The van der Waals surface area contributed by atoms with Gasteiger partial charge in [-0.2, -0.15) is 0 Å². The van der Waals surface area contributed by atoms with Crippen molar-refractivity contribution in [2.24, 2.45) is 0 Å². The van der Waals surface area contributed by atoms with E-state index in [0.717, 1.165) is 29.5 Å². The van der Waals surface area contributed by atoms with E-state index in [2.05, 4.69) is 41.5 Å². The highest BCUT2D eigenvalue weighted by Crippen LogP contribution is 2.39. The van der Waals surface area contributed by atoms with E-state index in [1.54, 1.807) is 0 Å². The van der Waals surface area contributed by atoms with Crippen molar-refractivity contribution in [2.45, 2.75) is 78.1 Å². The highest BCUT2D eigenvalue weighted by atomic mass is 16.4. The molecule has 0 bridgehead atoms. The van der Waals surface area contributed by atoms with Gasteiger partial charge in [-0.15, -0.1) is 0 Å². The van der Waals surface area contributed by atoms with Gasteiger partial charge in [-0.1, -0.05) is 53.7 Å². The van der Waals surface area contributed by atoms with Gasteiger partial charge in [0.1, 0.15) is 5.75 Å². The zero-order chi connectivity index (χ0) is 20.5. The second-order valence-electron chi connectivity index (χ2n) is 8.59. The smallest absolute Gasteiger partial charge is 0.303 e. The molecular weight excluding hydrogens is 332 g/mol. The van der Waals surface area contributed by atoms with E-state index in [-0.39, 0.29) is 30.5 Å². The lowest BCUT2D eigenvalue weighted by Crippen LogP contribution is -2.18. The molecule has 26 heavy (non-hydrogen) atoms. The molecule has 1 aromatic rings. The molecule has 0 fully saturated rings. The van der Waals surface area contributed by atoms with Gasteiger partial charge in [0.05, 0.1) is 0 Å². The van der Waals surface area contributed by atoms with Crippen LogP contribution in [-0.4, -0.2) is 39.6 Å². The van der Waals surface area contributed by atoms with Crippen molar-refractivity contribution in [1.29, 1.82) is 0 Å². The van der Waals surface area contributed by atoms with Gasteiger partial charge in [-0.25, -0.2) is 0 Å². The van der Waals surface area contributed by atoms with Gasteiger partial charge < -0.3 is 20.4 Å². The molecule has 0 heterocycles. The fraction of sp³-hybridized carbons (Fsp3) is 0.667. The number of aryl methyl sites for hydroxylation is 1. The van der Waals surface area contributed by atoms with Crippen molar-refractivity contribution < 1.29 is 25.2 Å². The molecule has 0 atom stereocenters. The lowest BCUT2D eigenvalue weighted by molar-refractivity contribution is -0.136. The van der Waals surface area contributed by atoms with Crippen LogP contribution >= 0.6 is 0 Å². The zero-order valence-electron chi connectivity index (χ0n) is 17.1. The first-order valence-electron chi connectivity index (χ1n) is 9.15. The minimum absolute atomic E-state index is 0.109. The Morgan fingerprint density at radius 2 is 1.27 bits per heavy atom. The van der Waals surface area contributed by atoms with Crippen LogP contribution in [0.3, 0.4) is 0 Å². The third-order valence-electron chi connectivity index (χ3n) is 3.98. The third-order valence-corrected chi connectivity index (χ3v) is 3.98. The van der Waals surface area contributed by atoms with Gasteiger partial charge in [-0.05, 0) is 46.8 Å². The van der Waals surface area contributed by atoms with Gasteiger partial charge in [0.2, 0.25) is 0 Å². The van der Waals surface area contributed by atoms with Crippen LogP contribution in [0.1, 0.15) is 77.5 Å². The number of aliphatic hydroxyl groups excluding tert-OH is 2. The molecule has 0 amide bonds. The van der Waals surface area contributed by atoms with Gasteiger partial charge >= 0.3 is 5.97 Å². The molecule has 0 aliphatic carbocycles. The largest absolute Gasteiger partial charge is 0.507 e. The lowest BCUT2D eigenvalue weighted by atomic mass is 9.78. The molecule has 1 rings (SSSR count). The Hall–Kier alpha value is -1.59. The molecule has 0 spiro atoms. The van der Waals surface area contributed by atoms with Gasteiger partial charge in [0, 0.05) is 19.6 Å². The summed E-state index contributed by atoms with van der Waals surface area (Å²) in [5, 5.41) is 35.6.